The Bertz CT molecular complexity index is 709. The van der Waals surface area contributed by atoms with Gasteiger partial charge < -0.3 is 14.5 Å². The van der Waals surface area contributed by atoms with Crippen LogP contribution < -0.4 is 0 Å². The van der Waals surface area contributed by atoms with Crippen LogP contribution in [0.25, 0.3) is 11.4 Å². The molecule has 0 radical (unpaired) electrons. The second-order valence-corrected chi connectivity index (χ2v) is 5.72. The summed E-state index contributed by atoms with van der Waals surface area (Å²) in [6.45, 7) is 6.15. The Balaban J connectivity index is 2.23. The van der Waals surface area contributed by atoms with Gasteiger partial charge >= 0.3 is 11.9 Å². The second-order valence-electron chi connectivity index (χ2n) is 5.72. The predicted octanol–water partition coefficient (Wildman–Crippen LogP) is 2.11. The van der Waals surface area contributed by atoms with Crippen molar-refractivity contribution >= 4 is 11.9 Å². The van der Waals surface area contributed by atoms with E-state index in [1.54, 1.807) is 6.92 Å². The maximum Gasteiger partial charge on any atom is 0.394 e. The first kappa shape index (κ1) is 16.7. The van der Waals surface area contributed by atoms with E-state index in [4.69, 9.17) is 9.63 Å². The number of carbonyl (C=O) groups excluding carboxylic acids is 1. The third-order valence-corrected chi connectivity index (χ3v) is 3.14. The molecule has 7 nitrogen and oxygen atoms in total. The van der Waals surface area contributed by atoms with E-state index in [2.05, 4.69) is 10.1 Å². The Morgan fingerprint density at radius 3 is 2.65 bits per heavy atom. The van der Waals surface area contributed by atoms with Crippen LogP contribution in [-0.4, -0.2) is 38.6 Å². The van der Waals surface area contributed by atoms with Crippen LogP contribution >= 0.6 is 0 Å². The first-order chi connectivity index (χ1) is 10.9. The fourth-order valence-corrected chi connectivity index (χ4v) is 2.24. The van der Waals surface area contributed by atoms with E-state index in [9.17, 15) is 9.59 Å². The summed E-state index contributed by atoms with van der Waals surface area (Å²) >= 11 is 0. The van der Waals surface area contributed by atoms with E-state index in [1.165, 1.54) is 4.90 Å². The normalized spacial score (nSPS) is 10.8. The summed E-state index contributed by atoms with van der Waals surface area (Å²) in [6, 6.07) is 7.31. The van der Waals surface area contributed by atoms with Crippen LogP contribution in [0, 0.1) is 12.8 Å². The SMILES string of the molecule is Cc1nc(-c2cccc(CN(CC(C)C)C(=O)C(=O)O)c2)no1. The van der Waals surface area contributed by atoms with Crippen LogP contribution in [0.2, 0.25) is 0 Å². The summed E-state index contributed by atoms with van der Waals surface area (Å²) in [6.07, 6.45) is 0. The number of carbonyl (C=O) groups is 2. The van der Waals surface area contributed by atoms with Gasteiger partial charge in [0.05, 0.1) is 0 Å². The molecule has 0 aliphatic carbocycles. The van der Waals surface area contributed by atoms with Crippen molar-refractivity contribution in [3.63, 3.8) is 0 Å². The third kappa shape index (κ3) is 4.38. The van der Waals surface area contributed by atoms with Crippen LogP contribution in [0.15, 0.2) is 28.8 Å². The van der Waals surface area contributed by atoms with Gasteiger partial charge in [-0.1, -0.05) is 37.2 Å². The van der Waals surface area contributed by atoms with Crippen molar-refractivity contribution in [2.75, 3.05) is 6.54 Å². The quantitative estimate of drug-likeness (QED) is 0.848. The number of amides is 1. The molecule has 0 saturated carbocycles. The molecule has 0 aliphatic rings. The number of aromatic nitrogens is 2. The molecule has 2 rings (SSSR count). The molecule has 1 amide bonds. The highest BCUT2D eigenvalue weighted by Gasteiger charge is 2.22. The molecule has 1 heterocycles. The van der Waals surface area contributed by atoms with E-state index < -0.39 is 11.9 Å². The zero-order valence-electron chi connectivity index (χ0n) is 13.3. The Morgan fingerprint density at radius 1 is 1.35 bits per heavy atom. The molecule has 0 aliphatic heterocycles. The smallest absolute Gasteiger partial charge is 0.394 e. The van der Waals surface area contributed by atoms with Crippen LogP contribution in [0.4, 0.5) is 0 Å². The summed E-state index contributed by atoms with van der Waals surface area (Å²) in [5.41, 5.74) is 1.56. The van der Waals surface area contributed by atoms with E-state index >= 15 is 0 Å². The number of aliphatic carboxylic acids is 1. The number of benzene rings is 1. The Hall–Kier alpha value is -2.70. The molecule has 7 heteroatoms. The standard InChI is InChI=1S/C16H19N3O4/c1-10(2)8-19(15(20)16(21)22)9-12-5-4-6-13(7-12)14-17-11(3)23-18-14/h4-7,10H,8-9H2,1-3H3,(H,21,22). The van der Waals surface area contributed by atoms with Gasteiger partial charge in [-0.05, 0) is 17.5 Å². The summed E-state index contributed by atoms with van der Waals surface area (Å²) in [5, 5.41) is 12.8. The number of carboxylic acid groups (broad SMARTS) is 1. The van der Waals surface area contributed by atoms with E-state index in [-0.39, 0.29) is 12.5 Å². The number of hydrogen-bond acceptors (Lipinski definition) is 5. The summed E-state index contributed by atoms with van der Waals surface area (Å²) in [7, 11) is 0. The average Bonchev–Trinajstić information content (AvgIpc) is 2.92. The Kier molecular flexibility index (Phi) is 5.10. The molecule has 23 heavy (non-hydrogen) atoms. The molecular weight excluding hydrogens is 298 g/mol. The van der Waals surface area contributed by atoms with E-state index in [0.29, 0.717) is 18.3 Å². The number of rotatable bonds is 5. The average molecular weight is 317 g/mol. The summed E-state index contributed by atoms with van der Waals surface area (Å²) in [4.78, 5) is 28.3. The minimum atomic E-state index is -1.45. The first-order valence-electron chi connectivity index (χ1n) is 7.28. The molecule has 1 aromatic carbocycles. The van der Waals surface area contributed by atoms with Crippen molar-refractivity contribution < 1.29 is 19.2 Å². The molecule has 0 atom stereocenters. The lowest BCUT2D eigenvalue weighted by Crippen LogP contribution is -2.38. The van der Waals surface area contributed by atoms with Crippen LogP contribution in [0.3, 0.4) is 0 Å². The lowest BCUT2D eigenvalue weighted by molar-refractivity contribution is -0.156. The number of aryl methyl sites for hydroxylation is 1. The Morgan fingerprint density at radius 2 is 2.09 bits per heavy atom. The topological polar surface area (TPSA) is 96.5 Å². The van der Waals surface area contributed by atoms with Gasteiger partial charge in [0.2, 0.25) is 11.7 Å². The number of carboxylic acids is 1. The van der Waals surface area contributed by atoms with Gasteiger partial charge in [-0.25, -0.2) is 4.79 Å². The van der Waals surface area contributed by atoms with Gasteiger partial charge in [-0.2, -0.15) is 4.98 Å². The molecule has 0 bridgehead atoms. The van der Waals surface area contributed by atoms with Crippen molar-refractivity contribution in [1.82, 2.24) is 15.0 Å². The third-order valence-electron chi connectivity index (χ3n) is 3.14. The highest BCUT2D eigenvalue weighted by molar-refractivity contribution is 6.31. The molecular formula is C16H19N3O4. The molecule has 0 saturated heterocycles. The van der Waals surface area contributed by atoms with Crippen molar-refractivity contribution in [1.29, 1.82) is 0 Å². The zero-order valence-corrected chi connectivity index (χ0v) is 13.3. The van der Waals surface area contributed by atoms with Crippen molar-refractivity contribution in [2.24, 2.45) is 5.92 Å². The highest BCUT2D eigenvalue weighted by atomic mass is 16.5. The van der Waals surface area contributed by atoms with Gasteiger partial charge in [-0.3, -0.25) is 4.79 Å². The van der Waals surface area contributed by atoms with Crippen molar-refractivity contribution in [2.45, 2.75) is 27.3 Å². The second kappa shape index (κ2) is 7.04. The largest absolute Gasteiger partial charge is 0.474 e. The lowest BCUT2D eigenvalue weighted by Gasteiger charge is -2.23. The van der Waals surface area contributed by atoms with Crippen LogP contribution in [0.1, 0.15) is 25.3 Å². The number of hydrogen-bond donors (Lipinski definition) is 1. The first-order valence-corrected chi connectivity index (χ1v) is 7.28. The van der Waals surface area contributed by atoms with E-state index in [1.807, 2.05) is 38.1 Å². The predicted molar refractivity (Wildman–Crippen MR) is 82.4 cm³/mol. The van der Waals surface area contributed by atoms with Crippen LogP contribution in [0.5, 0.6) is 0 Å². The number of nitrogens with zero attached hydrogens (tertiary/aromatic N) is 3. The molecule has 1 aromatic heterocycles. The minimum Gasteiger partial charge on any atom is -0.474 e. The van der Waals surface area contributed by atoms with Gasteiger partial charge in [-0.15, -0.1) is 0 Å². The van der Waals surface area contributed by atoms with Gasteiger partial charge in [0.1, 0.15) is 0 Å². The molecule has 2 aromatic rings. The minimum absolute atomic E-state index is 0.168. The molecule has 0 unspecified atom stereocenters. The monoisotopic (exact) mass is 317 g/mol. The fourth-order valence-electron chi connectivity index (χ4n) is 2.24. The molecule has 0 fully saturated rings. The van der Waals surface area contributed by atoms with Gasteiger partial charge in [0, 0.05) is 25.6 Å². The van der Waals surface area contributed by atoms with Crippen molar-refractivity contribution in [3.05, 3.63) is 35.7 Å². The zero-order chi connectivity index (χ0) is 17.0. The molecule has 1 N–H and O–H groups in total. The van der Waals surface area contributed by atoms with Gasteiger partial charge in [0.15, 0.2) is 0 Å². The molecule has 0 spiro atoms. The van der Waals surface area contributed by atoms with E-state index in [0.717, 1.165) is 11.1 Å². The summed E-state index contributed by atoms with van der Waals surface area (Å²) in [5.74, 6) is -1.26. The van der Waals surface area contributed by atoms with Crippen molar-refractivity contribution in [3.8, 4) is 11.4 Å². The maximum absolute atomic E-state index is 11.8. The molecule has 122 valence electrons. The lowest BCUT2D eigenvalue weighted by atomic mass is 10.1. The fraction of sp³-hybridized carbons (Fsp3) is 0.375. The Labute approximate surface area is 133 Å². The van der Waals surface area contributed by atoms with Gasteiger partial charge in [0.25, 0.3) is 0 Å². The highest BCUT2D eigenvalue weighted by Crippen LogP contribution is 2.18. The maximum atomic E-state index is 11.8. The summed E-state index contributed by atoms with van der Waals surface area (Å²) < 4.78 is 4.96. The van der Waals surface area contributed by atoms with Crippen LogP contribution in [-0.2, 0) is 16.1 Å².